The van der Waals surface area contributed by atoms with E-state index in [1.807, 2.05) is 0 Å². The molecular formula is C16H25NO6. The zero-order valence-corrected chi connectivity index (χ0v) is 14.4. The number of ether oxygens (including phenoxy) is 2. The number of carbonyl (C=O) groups excluding carboxylic acids is 4. The highest BCUT2D eigenvalue weighted by Crippen LogP contribution is 2.35. The lowest BCUT2D eigenvalue weighted by Gasteiger charge is -2.27. The maximum absolute atomic E-state index is 12.4. The molecule has 0 aromatic rings. The highest BCUT2D eigenvalue weighted by Gasteiger charge is 2.54. The van der Waals surface area contributed by atoms with E-state index < -0.39 is 28.9 Å². The number of likely N-dealkylation sites (tertiary alicyclic amines) is 1. The Labute approximate surface area is 136 Å². The summed E-state index contributed by atoms with van der Waals surface area (Å²) in [5, 5.41) is 0. The van der Waals surface area contributed by atoms with E-state index in [1.54, 1.807) is 27.7 Å². The molecule has 7 heteroatoms. The van der Waals surface area contributed by atoms with Gasteiger partial charge in [0.25, 0.3) is 0 Å². The van der Waals surface area contributed by atoms with Gasteiger partial charge in [0.1, 0.15) is 16.8 Å². The second-order valence-electron chi connectivity index (χ2n) is 6.76. The van der Waals surface area contributed by atoms with E-state index in [1.165, 1.54) is 11.8 Å². The molecule has 0 N–H and O–H groups in total. The van der Waals surface area contributed by atoms with Crippen molar-refractivity contribution in [3.63, 3.8) is 0 Å². The molecule has 0 saturated carbocycles. The smallest absolute Gasteiger partial charge is 0.410 e. The van der Waals surface area contributed by atoms with Crippen molar-refractivity contribution in [1.29, 1.82) is 0 Å². The number of nitrogens with zero attached hydrogens (tertiary/aromatic N) is 1. The summed E-state index contributed by atoms with van der Waals surface area (Å²) >= 11 is 0. The molecule has 1 rings (SSSR count). The number of Topliss-reactive ketones (excluding diaryl/α,β-unsaturated/α-hetero) is 2. The van der Waals surface area contributed by atoms with Crippen LogP contribution in [0.3, 0.4) is 0 Å². The third kappa shape index (κ3) is 4.77. The fourth-order valence-corrected chi connectivity index (χ4v) is 2.41. The molecule has 1 heterocycles. The third-order valence-electron chi connectivity index (χ3n) is 3.55. The molecule has 1 fully saturated rings. The molecule has 7 nitrogen and oxygen atoms in total. The van der Waals surface area contributed by atoms with Gasteiger partial charge in [-0.05, 0) is 41.0 Å². The molecule has 1 amide bonds. The molecule has 23 heavy (non-hydrogen) atoms. The van der Waals surface area contributed by atoms with Gasteiger partial charge in [0.2, 0.25) is 0 Å². The van der Waals surface area contributed by atoms with Gasteiger partial charge in [0, 0.05) is 13.0 Å². The van der Waals surface area contributed by atoms with Crippen molar-refractivity contribution in [1.82, 2.24) is 4.90 Å². The monoisotopic (exact) mass is 327 g/mol. The minimum absolute atomic E-state index is 0.0410. The Kier molecular flexibility index (Phi) is 5.91. The third-order valence-corrected chi connectivity index (χ3v) is 3.55. The van der Waals surface area contributed by atoms with Gasteiger partial charge in [-0.1, -0.05) is 0 Å². The molecule has 1 saturated heterocycles. The molecule has 130 valence electrons. The van der Waals surface area contributed by atoms with E-state index >= 15 is 0 Å². The number of hydrogen-bond donors (Lipinski definition) is 0. The number of ketones is 2. The maximum Gasteiger partial charge on any atom is 0.410 e. The van der Waals surface area contributed by atoms with Gasteiger partial charge in [-0.15, -0.1) is 0 Å². The van der Waals surface area contributed by atoms with Gasteiger partial charge in [-0.25, -0.2) is 4.79 Å². The highest BCUT2D eigenvalue weighted by molar-refractivity contribution is 6.08. The molecule has 0 radical (unpaired) electrons. The van der Waals surface area contributed by atoms with Crippen LogP contribution < -0.4 is 0 Å². The van der Waals surface area contributed by atoms with Crippen molar-refractivity contribution >= 4 is 23.6 Å². The average molecular weight is 327 g/mol. The molecule has 1 atom stereocenters. The Hall–Kier alpha value is -1.92. The first kappa shape index (κ1) is 19.1. The summed E-state index contributed by atoms with van der Waals surface area (Å²) in [6.07, 6.45) is -0.536. The van der Waals surface area contributed by atoms with E-state index in [0.717, 1.165) is 0 Å². The largest absolute Gasteiger partial charge is 0.465 e. The molecule has 0 spiro atoms. The standard InChI is InChI=1S/C16H25NO6/c1-6-22-13(20)16(8-7-11(2)18)10-17(9-12(16)19)14(21)23-15(3,4)5/h6-10H2,1-5H3. The van der Waals surface area contributed by atoms with Crippen LogP contribution in [0.4, 0.5) is 4.79 Å². The van der Waals surface area contributed by atoms with Gasteiger partial charge < -0.3 is 14.3 Å². The topological polar surface area (TPSA) is 90.0 Å². The van der Waals surface area contributed by atoms with E-state index in [2.05, 4.69) is 0 Å². The van der Waals surface area contributed by atoms with Crippen LogP contribution in [0, 0.1) is 5.41 Å². The minimum atomic E-state index is -1.47. The first-order valence-corrected chi connectivity index (χ1v) is 7.69. The van der Waals surface area contributed by atoms with Gasteiger partial charge in [-0.2, -0.15) is 0 Å². The van der Waals surface area contributed by atoms with E-state index in [-0.39, 0.29) is 38.3 Å². The zero-order valence-electron chi connectivity index (χ0n) is 14.4. The van der Waals surface area contributed by atoms with Crippen molar-refractivity contribution in [3.05, 3.63) is 0 Å². The lowest BCUT2D eigenvalue weighted by Crippen LogP contribution is -2.42. The van der Waals surface area contributed by atoms with Crippen molar-refractivity contribution in [2.75, 3.05) is 19.7 Å². The summed E-state index contributed by atoms with van der Waals surface area (Å²) in [7, 11) is 0. The summed E-state index contributed by atoms with van der Waals surface area (Å²) in [4.78, 5) is 49.4. The number of amides is 1. The van der Waals surface area contributed by atoms with Crippen LogP contribution in [-0.4, -0.2) is 53.8 Å². The van der Waals surface area contributed by atoms with Crippen LogP contribution in [0.1, 0.15) is 47.5 Å². The molecule has 0 bridgehead atoms. The van der Waals surface area contributed by atoms with Crippen LogP contribution in [0.25, 0.3) is 0 Å². The number of hydrogen-bond acceptors (Lipinski definition) is 6. The summed E-state index contributed by atoms with van der Waals surface area (Å²) in [5.41, 5.74) is -2.17. The Morgan fingerprint density at radius 3 is 2.35 bits per heavy atom. The fraction of sp³-hybridized carbons (Fsp3) is 0.750. The fourth-order valence-electron chi connectivity index (χ4n) is 2.41. The number of rotatable bonds is 5. The van der Waals surface area contributed by atoms with E-state index in [0.29, 0.717) is 0 Å². The predicted octanol–water partition coefficient (Wildman–Crippen LogP) is 1.72. The highest BCUT2D eigenvalue weighted by atomic mass is 16.6. The Balaban J connectivity index is 2.98. The van der Waals surface area contributed by atoms with Crippen molar-refractivity contribution < 1.29 is 28.7 Å². The minimum Gasteiger partial charge on any atom is -0.465 e. The van der Waals surface area contributed by atoms with Gasteiger partial charge >= 0.3 is 12.1 Å². The summed E-state index contributed by atoms with van der Waals surface area (Å²) in [6, 6.07) is 0. The summed E-state index contributed by atoms with van der Waals surface area (Å²) in [6.45, 7) is 7.98. The first-order valence-electron chi connectivity index (χ1n) is 7.69. The second-order valence-corrected chi connectivity index (χ2v) is 6.76. The van der Waals surface area contributed by atoms with E-state index in [4.69, 9.17) is 9.47 Å². The van der Waals surface area contributed by atoms with Crippen molar-refractivity contribution in [2.24, 2.45) is 5.41 Å². The van der Waals surface area contributed by atoms with Crippen LogP contribution in [-0.2, 0) is 23.9 Å². The summed E-state index contributed by atoms with van der Waals surface area (Å²) in [5.74, 6) is -1.22. The van der Waals surface area contributed by atoms with Crippen LogP contribution in [0.15, 0.2) is 0 Å². The van der Waals surface area contributed by atoms with Crippen molar-refractivity contribution in [3.8, 4) is 0 Å². The van der Waals surface area contributed by atoms with Gasteiger partial charge in [0.15, 0.2) is 5.78 Å². The lowest BCUT2D eigenvalue weighted by molar-refractivity contribution is -0.158. The Bertz CT molecular complexity index is 507. The molecular weight excluding hydrogens is 302 g/mol. The normalized spacial score (nSPS) is 21.3. The Morgan fingerprint density at radius 1 is 1.26 bits per heavy atom. The first-order chi connectivity index (χ1) is 10.5. The molecule has 1 aliphatic rings. The van der Waals surface area contributed by atoms with Crippen LogP contribution >= 0.6 is 0 Å². The van der Waals surface area contributed by atoms with Crippen molar-refractivity contribution in [2.45, 2.75) is 53.1 Å². The van der Waals surface area contributed by atoms with Crippen LogP contribution in [0.2, 0.25) is 0 Å². The molecule has 0 aromatic carbocycles. The lowest BCUT2D eigenvalue weighted by atomic mass is 9.81. The number of carbonyl (C=O) groups is 4. The molecule has 1 unspecified atom stereocenters. The van der Waals surface area contributed by atoms with E-state index in [9.17, 15) is 19.2 Å². The molecule has 0 aromatic heterocycles. The quantitative estimate of drug-likeness (QED) is 0.564. The predicted molar refractivity (Wildman–Crippen MR) is 81.8 cm³/mol. The summed E-state index contributed by atoms with van der Waals surface area (Å²) < 4.78 is 10.3. The second kappa shape index (κ2) is 7.10. The van der Waals surface area contributed by atoms with Crippen LogP contribution in [0.5, 0.6) is 0 Å². The Morgan fingerprint density at radius 2 is 1.87 bits per heavy atom. The average Bonchev–Trinajstić information content (AvgIpc) is 2.73. The molecule has 0 aliphatic carbocycles. The molecule has 1 aliphatic heterocycles. The van der Waals surface area contributed by atoms with Gasteiger partial charge in [0.05, 0.1) is 13.2 Å². The SMILES string of the molecule is CCOC(=O)C1(CCC(C)=O)CN(C(=O)OC(C)(C)C)CC1=O. The number of esters is 1. The zero-order chi connectivity index (χ0) is 17.8. The maximum atomic E-state index is 12.4. The van der Waals surface area contributed by atoms with Gasteiger partial charge in [-0.3, -0.25) is 14.5 Å².